The third-order valence-electron chi connectivity index (χ3n) is 5.54. The van der Waals surface area contributed by atoms with Crippen molar-refractivity contribution in [2.24, 2.45) is 7.05 Å². The van der Waals surface area contributed by atoms with Gasteiger partial charge in [-0.15, -0.1) is 0 Å². The highest BCUT2D eigenvalue weighted by atomic mass is 35.5. The Hall–Kier alpha value is -2.19. The maximum atomic E-state index is 13.4. The summed E-state index contributed by atoms with van der Waals surface area (Å²) in [5.41, 5.74) is 1.14. The Balaban J connectivity index is 1.61. The van der Waals surface area contributed by atoms with E-state index < -0.39 is 0 Å². The molecule has 1 N–H and O–H groups in total. The molecule has 2 aliphatic rings. The molecule has 9 heteroatoms. The van der Waals surface area contributed by atoms with Crippen LogP contribution >= 0.6 is 23.8 Å². The first-order valence-electron chi connectivity index (χ1n) is 9.46. The lowest BCUT2D eigenvalue weighted by molar-refractivity contribution is -0.117. The summed E-state index contributed by atoms with van der Waals surface area (Å²) in [4.78, 5) is 29.1. The third-order valence-corrected chi connectivity index (χ3v) is 6.14. The number of anilines is 1. The lowest BCUT2D eigenvalue weighted by atomic mass is 9.96. The molecule has 148 valence electrons. The molecule has 2 aromatic rings. The van der Waals surface area contributed by atoms with Crippen molar-refractivity contribution in [1.82, 2.24) is 19.7 Å². The number of nitrogens with zero attached hydrogens (tertiary/aromatic N) is 4. The van der Waals surface area contributed by atoms with Gasteiger partial charge in [-0.1, -0.05) is 11.6 Å². The van der Waals surface area contributed by atoms with Crippen LogP contribution in [-0.2, 0) is 11.8 Å². The average Bonchev–Trinajstić information content (AvgIpc) is 3.27. The number of piperidine rings is 1. The molecule has 2 fully saturated rings. The van der Waals surface area contributed by atoms with Crippen LogP contribution in [0.15, 0.2) is 18.2 Å². The van der Waals surface area contributed by atoms with E-state index in [2.05, 4.69) is 10.2 Å². The predicted molar refractivity (Wildman–Crippen MR) is 109 cm³/mol. The van der Waals surface area contributed by atoms with Gasteiger partial charge in [-0.25, -0.2) is 0 Å². The Morgan fingerprint density at radius 1 is 1.32 bits per heavy atom. The zero-order valence-corrected chi connectivity index (χ0v) is 17.2. The van der Waals surface area contributed by atoms with Gasteiger partial charge in [0.2, 0.25) is 5.91 Å². The third kappa shape index (κ3) is 3.46. The summed E-state index contributed by atoms with van der Waals surface area (Å²) in [6, 6.07) is 5.15. The highest BCUT2D eigenvalue weighted by molar-refractivity contribution is 7.71. The SMILES string of the molecule is Cn1c(C2CCCN(C(=O)c3ccc(Cl)cc3N3CCCC3=O)C2)n[nH]c1=S. The molecule has 1 aromatic carbocycles. The van der Waals surface area contributed by atoms with Crippen LogP contribution in [0.1, 0.15) is 47.8 Å². The lowest BCUT2D eigenvalue weighted by Gasteiger charge is -2.33. The Kier molecular flexibility index (Phi) is 5.25. The van der Waals surface area contributed by atoms with Crippen LogP contribution in [0.25, 0.3) is 0 Å². The van der Waals surface area contributed by atoms with Crippen LogP contribution in [0.2, 0.25) is 5.02 Å². The molecule has 0 aliphatic carbocycles. The van der Waals surface area contributed by atoms with Gasteiger partial charge in [0.15, 0.2) is 4.77 Å². The van der Waals surface area contributed by atoms with E-state index in [0.717, 1.165) is 25.1 Å². The van der Waals surface area contributed by atoms with Crippen LogP contribution in [0.5, 0.6) is 0 Å². The topological polar surface area (TPSA) is 74.2 Å². The molecule has 3 heterocycles. The van der Waals surface area contributed by atoms with Crippen molar-refractivity contribution >= 4 is 41.3 Å². The number of aromatic nitrogens is 3. The molecule has 1 atom stereocenters. The minimum Gasteiger partial charge on any atom is -0.338 e. The number of benzene rings is 1. The maximum Gasteiger partial charge on any atom is 0.255 e. The molecule has 2 amide bonds. The molecular formula is C19H22ClN5O2S. The van der Waals surface area contributed by atoms with Crippen molar-refractivity contribution < 1.29 is 9.59 Å². The molecule has 0 saturated carbocycles. The Morgan fingerprint density at radius 2 is 2.14 bits per heavy atom. The van der Waals surface area contributed by atoms with Crippen molar-refractivity contribution in [1.29, 1.82) is 0 Å². The van der Waals surface area contributed by atoms with Crippen molar-refractivity contribution in [3.8, 4) is 0 Å². The van der Waals surface area contributed by atoms with E-state index in [1.54, 1.807) is 23.1 Å². The molecule has 2 saturated heterocycles. The summed E-state index contributed by atoms with van der Waals surface area (Å²) in [5.74, 6) is 0.954. The molecule has 4 rings (SSSR count). The molecule has 1 aromatic heterocycles. The van der Waals surface area contributed by atoms with Gasteiger partial charge in [0.25, 0.3) is 5.91 Å². The van der Waals surface area contributed by atoms with Crippen LogP contribution in [0, 0.1) is 4.77 Å². The van der Waals surface area contributed by atoms with E-state index in [9.17, 15) is 9.59 Å². The molecule has 7 nitrogen and oxygen atoms in total. The van der Waals surface area contributed by atoms with Crippen molar-refractivity contribution in [2.75, 3.05) is 24.5 Å². The Bertz CT molecular complexity index is 985. The van der Waals surface area contributed by atoms with E-state index in [1.807, 2.05) is 16.5 Å². The highest BCUT2D eigenvalue weighted by Gasteiger charge is 2.31. The van der Waals surface area contributed by atoms with E-state index in [4.69, 9.17) is 23.8 Å². The monoisotopic (exact) mass is 419 g/mol. The van der Waals surface area contributed by atoms with E-state index in [-0.39, 0.29) is 17.7 Å². The second kappa shape index (κ2) is 7.67. The van der Waals surface area contributed by atoms with Crippen molar-refractivity contribution in [3.63, 3.8) is 0 Å². The average molecular weight is 420 g/mol. The molecule has 28 heavy (non-hydrogen) atoms. The van der Waals surface area contributed by atoms with Gasteiger partial charge in [0.05, 0.1) is 11.3 Å². The van der Waals surface area contributed by atoms with Crippen LogP contribution in [0.3, 0.4) is 0 Å². The summed E-state index contributed by atoms with van der Waals surface area (Å²) in [7, 11) is 1.89. The van der Waals surface area contributed by atoms with Crippen LogP contribution in [-0.4, -0.2) is 51.1 Å². The van der Waals surface area contributed by atoms with Gasteiger partial charge in [0.1, 0.15) is 5.82 Å². The summed E-state index contributed by atoms with van der Waals surface area (Å²) < 4.78 is 2.44. The predicted octanol–water partition coefficient (Wildman–Crippen LogP) is 3.28. The van der Waals surface area contributed by atoms with E-state index >= 15 is 0 Å². The van der Waals surface area contributed by atoms with Crippen LogP contribution in [0.4, 0.5) is 5.69 Å². The number of halogens is 1. The smallest absolute Gasteiger partial charge is 0.255 e. The van der Waals surface area contributed by atoms with Crippen molar-refractivity contribution in [3.05, 3.63) is 39.4 Å². The zero-order valence-electron chi connectivity index (χ0n) is 15.7. The fourth-order valence-corrected chi connectivity index (χ4v) is 4.38. The first-order chi connectivity index (χ1) is 13.5. The molecular weight excluding hydrogens is 398 g/mol. The summed E-state index contributed by atoms with van der Waals surface area (Å²) in [5, 5.41) is 7.68. The number of amides is 2. The summed E-state index contributed by atoms with van der Waals surface area (Å²) in [6.07, 6.45) is 3.14. The number of aromatic amines is 1. The number of hydrogen-bond acceptors (Lipinski definition) is 4. The van der Waals surface area contributed by atoms with Gasteiger partial charge < -0.3 is 14.4 Å². The quantitative estimate of drug-likeness (QED) is 0.775. The van der Waals surface area contributed by atoms with Gasteiger partial charge in [0, 0.05) is 44.0 Å². The highest BCUT2D eigenvalue weighted by Crippen LogP contribution is 2.32. The van der Waals surface area contributed by atoms with Gasteiger partial charge in [-0.3, -0.25) is 14.7 Å². The standard InChI is InChI=1S/C19H22ClN5O2S/c1-23-17(21-22-19(23)28)12-4-2-8-24(11-12)18(27)14-7-6-13(20)10-15(14)25-9-3-5-16(25)26/h6-7,10,12H,2-5,8-9,11H2,1H3,(H,22,28). The fourth-order valence-electron chi connectivity index (χ4n) is 4.08. The molecule has 1 unspecified atom stereocenters. The zero-order chi connectivity index (χ0) is 19.8. The second-order valence-electron chi connectivity index (χ2n) is 7.35. The summed E-state index contributed by atoms with van der Waals surface area (Å²) >= 11 is 11.4. The summed E-state index contributed by atoms with van der Waals surface area (Å²) in [6.45, 7) is 1.87. The second-order valence-corrected chi connectivity index (χ2v) is 8.17. The number of nitrogens with one attached hydrogen (secondary N) is 1. The normalized spacial score (nSPS) is 20.1. The first-order valence-corrected chi connectivity index (χ1v) is 10.2. The molecule has 0 spiro atoms. The lowest BCUT2D eigenvalue weighted by Crippen LogP contribution is -2.40. The number of rotatable bonds is 3. The minimum atomic E-state index is -0.0761. The molecule has 0 radical (unpaired) electrons. The first kappa shape index (κ1) is 19.1. The van der Waals surface area contributed by atoms with Crippen LogP contribution < -0.4 is 4.90 Å². The Labute approximate surface area is 173 Å². The fraction of sp³-hybridized carbons (Fsp3) is 0.474. The number of hydrogen-bond donors (Lipinski definition) is 1. The Morgan fingerprint density at radius 3 is 2.82 bits per heavy atom. The van der Waals surface area contributed by atoms with Gasteiger partial charge in [-0.2, -0.15) is 5.10 Å². The number of carbonyl (C=O) groups is 2. The number of likely N-dealkylation sites (tertiary alicyclic amines) is 1. The molecule has 2 aliphatic heterocycles. The number of carbonyl (C=O) groups excluding carboxylic acids is 2. The van der Waals surface area contributed by atoms with E-state index in [0.29, 0.717) is 47.1 Å². The minimum absolute atomic E-state index is 0.0364. The number of H-pyrrole nitrogens is 1. The largest absolute Gasteiger partial charge is 0.338 e. The van der Waals surface area contributed by atoms with Gasteiger partial charge in [-0.05, 0) is 49.7 Å². The van der Waals surface area contributed by atoms with Gasteiger partial charge >= 0.3 is 0 Å². The van der Waals surface area contributed by atoms with E-state index in [1.165, 1.54) is 0 Å². The van der Waals surface area contributed by atoms with Crippen molar-refractivity contribution in [2.45, 2.75) is 31.6 Å². The maximum absolute atomic E-state index is 13.4. The molecule has 0 bridgehead atoms.